The Morgan fingerprint density at radius 2 is 1.67 bits per heavy atom. The van der Waals surface area contributed by atoms with Crippen LogP contribution < -0.4 is 5.32 Å². The highest BCUT2D eigenvalue weighted by molar-refractivity contribution is 5.73. The molecule has 0 saturated carbocycles. The predicted octanol–water partition coefficient (Wildman–Crippen LogP) is 5.40. The third-order valence-corrected chi connectivity index (χ3v) is 4.41. The van der Waals surface area contributed by atoms with Crippen LogP contribution in [0.15, 0.2) is 30.8 Å². The molecule has 134 valence electrons. The summed E-state index contributed by atoms with van der Waals surface area (Å²) in [5.74, 6) is -0.749. The van der Waals surface area contributed by atoms with Crippen LogP contribution in [0.2, 0.25) is 0 Å². The van der Waals surface area contributed by atoms with Crippen molar-refractivity contribution in [3.8, 4) is 0 Å². The largest absolute Gasteiger partial charge is 0.480 e. The lowest BCUT2D eigenvalue weighted by atomic mass is 10.0. The lowest BCUT2D eigenvalue weighted by Gasteiger charge is -2.14. The lowest BCUT2D eigenvalue weighted by Crippen LogP contribution is -2.36. The first kappa shape index (κ1) is 20.4. The predicted molar refractivity (Wildman–Crippen MR) is 102 cm³/mol. The first-order valence-electron chi connectivity index (χ1n) is 9.35. The van der Waals surface area contributed by atoms with Gasteiger partial charge in [0.1, 0.15) is 6.04 Å². The van der Waals surface area contributed by atoms with Gasteiger partial charge in [-0.3, -0.25) is 4.79 Å². The number of carbonyl (C=O) groups is 1. The van der Waals surface area contributed by atoms with Crippen molar-refractivity contribution in [3.63, 3.8) is 0 Å². The van der Waals surface area contributed by atoms with Crippen molar-refractivity contribution < 1.29 is 9.90 Å². The second kappa shape index (κ2) is 12.8. The first-order valence-corrected chi connectivity index (χ1v) is 9.35. The summed E-state index contributed by atoms with van der Waals surface area (Å²) in [6.45, 7) is 6.55. The molecule has 0 radical (unpaired) electrons. The van der Waals surface area contributed by atoms with Crippen molar-refractivity contribution in [2.24, 2.45) is 0 Å². The Labute approximate surface area is 147 Å². The smallest absolute Gasteiger partial charge is 0.320 e. The minimum Gasteiger partial charge on any atom is -0.480 e. The molecular weight excluding hydrogens is 298 g/mol. The Bertz CT molecular complexity index is 467. The highest BCUT2D eigenvalue weighted by Crippen LogP contribution is 2.11. The lowest BCUT2D eigenvalue weighted by molar-refractivity contribution is -0.139. The van der Waals surface area contributed by atoms with Crippen LogP contribution in [-0.4, -0.2) is 17.1 Å². The van der Waals surface area contributed by atoms with Crippen LogP contribution in [0.1, 0.15) is 75.8 Å². The summed E-state index contributed by atoms with van der Waals surface area (Å²) in [6.07, 6.45) is 12.4. The highest BCUT2D eigenvalue weighted by atomic mass is 16.4. The molecule has 3 nitrogen and oxygen atoms in total. The summed E-state index contributed by atoms with van der Waals surface area (Å²) in [5, 5.41) is 12.5. The minimum absolute atomic E-state index is 0.454. The number of hydrogen-bond acceptors (Lipinski definition) is 2. The number of unbranched alkanes of at least 4 members (excludes halogenated alkanes) is 7. The topological polar surface area (TPSA) is 49.3 Å². The number of rotatable bonds is 14. The molecule has 0 fully saturated rings. The van der Waals surface area contributed by atoms with Crippen molar-refractivity contribution in [1.29, 1.82) is 0 Å². The summed E-state index contributed by atoms with van der Waals surface area (Å²) >= 11 is 0. The maximum atomic E-state index is 11.4. The van der Waals surface area contributed by atoms with E-state index in [4.69, 9.17) is 0 Å². The first-order chi connectivity index (χ1) is 11.7. The van der Waals surface area contributed by atoms with Crippen molar-refractivity contribution in [2.45, 2.75) is 77.3 Å². The molecule has 3 heteroatoms. The second-order valence-corrected chi connectivity index (χ2v) is 6.48. The summed E-state index contributed by atoms with van der Waals surface area (Å²) in [7, 11) is 0. The zero-order chi connectivity index (χ0) is 17.6. The molecule has 0 aliphatic carbocycles. The monoisotopic (exact) mass is 331 g/mol. The van der Waals surface area contributed by atoms with Gasteiger partial charge in [0.2, 0.25) is 0 Å². The fourth-order valence-electron chi connectivity index (χ4n) is 2.81. The number of benzene rings is 1. The molecule has 1 unspecified atom stereocenters. The number of nitrogens with one attached hydrogen (secondary N) is 1. The maximum Gasteiger partial charge on any atom is 0.320 e. The molecule has 0 aromatic heterocycles. The van der Waals surface area contributed by atoms with E-state index < -0.39 is 12.0 Å². The van der Waals surface area contributed by atoms with E-state index in [9.17, 15) is 9.90 Å². The zero-order valence-corrected chi connectivity index (χ0v) is 15.1. The van der Waals surface area contributed by atoms with Gasteiger partial charge < -0.3 is 10.4 Å². The van der Waals surface area contributed by atoms with Crippen molar-refractivity contribution in [2.75, 3.05) is 0 Å². The summed E-state index contributed by atoms with van der Waals surface area (Å²) < 4.78 is 0. The Morgan fingerprint density at radius 1 is 1.08 bits per heavy atom. The van der Waals surface area contributed by atoms with Crippen molar-refractivity contribution in [1.82, 2.24) is 5.32 Å². The second-order valence-electron chi connectivity index (χ2n) is 6.48. The fourth-order valence-corrected chi connectivity index (χ4v) is 2.81. The van der Waals surface area contributed by atoms with Gasteiger partial charge in [-0.15, -0.1) is 0 Å². The molecule has 0 heterocycles. The van der Waals surface area contributed by atoms with E-state index in [1.807, 2.05) is 24.3 Å². The quantitative estimate of drug-likeness (QED) is 0.449. The molecule has 1 aromatic carbocycles. The Hall–Kier alpha value is -1.61. The molecule has 0 spiro atoms. The van der Waals surface area contributed by atoms with E-state index >= 15 is 0 Å². The third kappa shape index (κ3) is 8.88. The van der Waals surface area contributed by atoms with Crippen molar-refractivity contribution in [3.05, 3.63) is 42.0 Å². The molecule has 24 heavy (non-hydrogen) atoms. The highest BCUT2D eigenvalue weighted by Gasteiger charge is 2.15. The molecule has 1 rings (SSSR count). The van der Waals surface area contributed by atoms with Gasteiger partial charge in [0.15, 0.2) is 0 Å². The number of hydrogen-bond donors (Lipinski definition) is 2. The van der Waals surface area contributed by atoms with Crippen LogP contribution in [0.4, 0.5) is 0 Å². The van der Waals surface area contributed by atoms with E-state index in [1.54, 1.807) is 6.08 Å². The van der Waals surface area contributed by atoms with Gasteiger partial charge in [-0.2, -0.15) is 0 Å². The molecule has 0 saturated heterocycles. The van der Waals surface area contributed by atoms with E-state index in [0.717, 1.165) is 24.0 Å². The van der Waals surface area contributed by atoms with E-state index in [0.29, 0.717) is 13.0 Å². The van der Waals surface area contributed by atoms with Gasteiger partial charge in [0, 0.05) is 6.54 Å². The van der Waals surface area contributed by atoms with Gasteiger partial charge in [-0.1, -0.05) is 95.2 Å². The molecular formula is C21H33NO2. The van der Waals surface area contributed by atoms with Crippen LogP contribution in [0.5, 0.6) is 0 Å². The molecule has 0 amide bonds. The van der Waals surface area contributed by atoms with Crippen molar-refractivity contribution >= 4 is 12.0 Å². The van der Waals surface area contributed by atoms with Gasteiger partial charge in [0.25, 0.3) is 0 Å². The molecule has 2 N–H and O–H groups in total. The number of carboxylic acid groups (broad SMARTS) is 1. The van der Waals surface area contributed by atoms with Crippen LogP contribution in [0.25, 0.3) is 6.08 Å². The average molecular weight is 331 g/mol. The SMILES string of the molecule is C=Cc1ccc(CNC(CCCCCCCCCC)C(=O)O)cc1. The van der Waals surface area contributed by atoms with E-state index in [-0.39, 0.29) is 0 Å². The van der Waals surface area contributed by atoms with Crippen LogP contribution >= 0.6 is 0 Å². The van der Waals surface area contributed by atoms with E-state index in [1.165, 1.54) is 38.5 Å². The van der Waals surface area contributed by atoms with E-state index in [2.05, 4.69) is 18.8 Å². The summed E-state index contributed by atoms with van der Waals surface area (Å²) in [4.78, 5) is 11.4. The number of aliphatic carboxylic acids is 1. The Balaban J connectivity index is 2.21. The van der Waals surface area contributed by atoms with Crippen LogP contribution in [0, 0.1) is 0 Å². The maximum absolute atomic E-state index is 11.4. The number of carboxylic acids is 1. The fraction of sp³-hybridized carbons (Fsp3) is 0.571. The summed E-state index contributed by atoms with van der Waals surface area (Å²) in [5.41, 5.74) is 2.18. The van der Waals surface area contributed by atoms with Gasteiger partial charge in [0.05, 0.1) is 0 Å². The Morgan fingerprint density at radius 3 is 2.21 bits per heavy atom. The van der Waals surface area contributed by atoms with Crippen LogP contribution in [-0.2, 0) is 11.3 Å². The summed E-state index contributed by atoms with van der Waals surface area (Å²) in [6, 6.07) is 7.57. The molecule has 0 aliphatic rings. The standard InChI is InChI=1S/C21H33NO2/c1-3-5-6-7-8-9-10-11-12-20(21(23)24)22-17-19-15-13-18(4-2)14-16-19/h4,13-16,20,22H,2-3,5-12,17H2,1H3,(H,23,24). The molecule has 1 aromatic rings. The third-order valence-electron chi connectivity index (χ3n) is 4.41. The minimum atomic E-state index is -0.749. The average Bonchev–Trinajstić information content (AvgIpc) is 2.60. The molecule has 1 atom stereocenters. The zero-order valence-electron chi connectivity index (χ0n) is 15.1. The van der Waals surface area contributed by atoms with Gasteiger partial charge in [-0.25, -0.2) is 0 Å². The Kier molecular flexibility index (Phi) is 10.9. The van der Waals surface area contributed by atoms with Crippen LogP contribution in [0.3, 0.4) is 0 Å². The normalized spacial score (nSPS) is 12.0. The molecule has 0 aliphatic heterocycles. The van der Waals surface area contributed by atoms with Gasteiger partial charge in [-0.05, 0) is 17.5 Å². The van der Waals surface area contributed by atoms with Gasteiger partial charge >= 0.3 is 5.97 Å². The molecule has 0 bridgehead atoms.